The lowest BCUT2D eigenvalue weighted by Gasteiger charge is -2.18. The molecule has 0 aliphatic carbocycles. The van der Waals surface area contributed by atoms with Gasteiger partial charge in [0.1, 0.15) is 12.1 Å². The molecule has 0 bridgehead atoms. The van der Waals surface area contributed by atoms with E-state index in [0.717, 1.165) is 10.7 Å². The highest BCUT2D eigenvalue weighted by molar-refractivity contribution is 7.99. The van der Waals surface area contributed by atoms with Gasteiger partial charge < -0.3 is 5.73 Å². The van der Waals surface area contributed by atoms with Crippen molar-refractivity contribution >= 4 is 11.8 Å². The zero-order valence-electron chi connectivity index (χ0n) is 9.30. The number of nitrogens with one attached hydrogen (secondary N) is 1. The second kappa shape index (κ2) is 5.29. The molecule has 6 heteroatoms. The van der Waals surface area contributed by atoms with Gasteiger partial charge in [-0.3, -0.25) is 5.10 Å². The summed E-state index contributed by atoms with van der Waals surface area (Å²) in [6.45, 7) is 2.00. The minimum Gasteiger partial charge on any atom is -0.323 e. The highest BCUT2D eigenvalue weighted by Gasteiger charge is 2.17. The van der Waals surface area contributed by atoms with E-state index in [1.165, 1.54) is 30.2 Å². The summed E-state index contributed by atoms with van der Waals surface area (Å²) in [6, 6.07) is 6.07. The summed E-state index contributed by atoms with van der Waals surface area (Å²) < 4.78 is 12.8. The smallest absolute Gasteiger partial charge is 0.183 e. The topological polar surface area (TPSA) is 67.6 Å². The van der Waals surface area contributed by atoms with E-state index in [1.54, 1.807) is 12.1 Å². The van der Waals surface area contributed by atoms with E-state index >= 15 is 0 Å². The standard InChI is InChI=1S/C11H13FN4S/c1-7(17-11-14-6-15-16-11)10(13)8-2-4-9(12)5-3-8/h2-7,10H,13H2,1H3,(H,14,15,16). The van der Waals surface area contributed by atoms with Gasteiger partial charge in [-0.15, -0.1) is 0 Å². The number of nitrogens with zero attached hydrogens (tertiary/aromatic N) is 2. The molecule has 0 aliphatic rings. The quantitative estimate of drug-likeness (QED) is 0.818. The van der Waals surface area contributed by atoms with Gasteiger partial charge in [0.15, 0.2) is 5.16 Å². The molecule has 0 saturated heterocycles. The van der Waals surface area contributed by atoms with Gasteiger partial charge in [0, 0.05) is 11.3 Å². The Labute approximate surface area is 103 Å². The summed E-state index contributed by atoms with van der Waals surface area (Å²) in [5, 5.41) is 7.39. The predicted octanol–water partition coefficient (Wildman–Crippen LogP) is 2.12. The van der Waals surface area contributed by atoms with E-state index in [0.29, 0.717) is 0 Å². The SMILES string of the molecule is CC(Sc1ncn[nH]1)C(N)c1ccc(F)cc1. The Morgan fingerprint density at radius 1 is 1.35 bits per heavy atom. The lowest BCUT2D eigenvalue weighted by atomic mass is 10.1. The summed E-state index contributed by atoms with van der Waals surface area (Å²) in [5.74, 6) is -0.253. The van der Waals surface area contributed by atoms with E-state index in [-0.39, 0.29) is 17.1 Å². The Morgan fingerprint density at radius 2 is 2.06 bits per heavy atom. The molecule has 0 radical (unpaired) electrons. The molecule has 0 saturated carbocycles. The molecule has 1 aromatic carbocycles. The van der Waals surface area contributed by atoms with Crippen molar-refractivity contribution in [3.63, 3.8) is 0 Å². The van der Waals surface area contributed by atoms with Gasteiger partial charge in [-0.2, -0.15) is 5.10 Å². The van der Waals surface area contributed by atoms with E-state index in [9.17, 15) is 4.39 Å². The van der Waals surface area contributed by atoms with Gasteiger partial charge in [0.05, 0.1) is 0 Å². The first-order valence-corrected chi connectivity index (χ1v) is 6.08. The van der Waals surface area contributed by atoms with Crippen LogP contribution in [-0.4, -0.2) is 20.4 Å². The molecule has 2 atom stereocenters. The van der Waals surface area contributed by atoms with Crippen molar-refractivity contribution in [3.05, 3.63) is 42.0 Å². The van der Waals surface area contributed by atoms with Crippen LogP contribution in [0, 0.1) is 5.82 Å². The maximum absolute atomic E-state index is 12.8. The molecule has 0 amide bonds. The largest absolute Gasteiger partial charge is 0.323 e. The molecule has 2 aromatic rings. The van der Waals surface area contributed by atoms with E-state index in [2.05, 4.69) is 15.2 Å². The third-order valence-electron chi connectivity index (χ3n) is 2.45. The van der Waals surface area contributed by atoms with Gasteiger partial charge in [0.25, 0.3) is 0 Å². The number of aromatic nitrogens is 3. The predicted molar refractivity (Wildman–Crippen MR) is 65.0 cm³/mol. The van der Waals surface area contributed by atoms with E-state index in [4.69, 9.17) is 5.73 Å². The Morgan fingerprint density at radius 3 is 2.65 bits per heavy atom. The number of benzene rings is 1. The highest BCUT2D eigenvalue weighted by Crippen LogP contribution is 2.28. The number of halogens is 1. The van der Waals surface area contributed by atoms with Crippen LogP contribution in [-0.2, 0) is 0 Å². The molecule has 4 nitrogen and oxygen atoms in total. The van der Waals surface area contributed by atoms with Crippen LogP contribution in [0.15, 0.2) is 35.7 Å². The maximum Gasteiger partial charge on any atom is 0.183 e. The van der Waals surface area contributed by atoms with Crippen molar-refractivity contribution in [1.82, 2.24) is 15.2 Å². The molecule has 90 valence electrons. The molecule has 1 aromatic heterocycles. The number of rotatable bonds is 4. The fraction of sp³-hybridized carbons (Fsp3) is 0.273. The molecule has 2 unspecified atom stereocenters. The van der Waals surface area contributed by atoms with Crippen molar-refractivity contribution < 1.29 is 4.39 Å². The summed E-state index contributed by atoms with van der Waals surface area (Å²) in [5.41, 5.74) is 7.01. The van der Waals surface area contributed by atoms with Gasteiger partial charge in [-0.25, -0.2) is 9.37 Å². The maximum atomic E-state index is 12.8. The van der Waals surface area contributed by atoms with Crippen LogP contribution in [0.3, 0.4) is 0 Å². The molecule has 0 aliphatic heterocycles. The molecule has 17 heavy (non-hydrogen) atoms. The minimum absolute atomic E-state index is 0.119. The molecule has 0 fully saturated rings. The minimum atomic E-state index is -0.253. The molecule has 3 N–H and O–H groups in total. The Hall–Kier alpha value is -1.40. The Bertz CT molecular complexity index is 457. The van der Waals surface area contributed by atoms with E-state index < -0.39 is 0 Å². The van der Waals surface area contributed by atoms with Crippen LogP contribution in [0.1, 0.15) is 18.5 Å². The van der Waals surface area contributed by atoms with Gasteiger partial charge in [-0.1, -0.05) is 30.8 Å². The van der Waals surface area contributed by atoms with Crippen LogP contribution < -0.4 is 5.73 Å². The van der Waals surface area contributed by atoms with Gasteiger partial charge in [0.2, 0.25) is 0 Å². The van der Waals surface area contributed by atoms with Crippen molar-refractivity contribution in [3.8, 4) is 0 Å². The zero-order chi connectivity index (χ0) is 12.3. The van der Waals surface area contributed by atoms with Crippen LogP contribution in [0.2, 0.25) is 0 Å². The number of H-pyrrole nitrogens is 1. The van der Waals surface area contributed by atoms with Crippen molar-refractivity contribution in [1.29, 1.82) is 0 Å². The fourth-order valence-corrected chi connectivity index (χ4v) is 2.33. The number of aromatic amines is 1. The zero-order valence-corrected chi connectivity index (χ0v) is 10.1. The second-order valence-electron chi connectivity index (χ2n) is 3.69. The van der Waals surface area contributed by atoms with Crippen molar-refractivity contribution in [2.45, 2.75) is 23.4 Å². The third kappa shape index (κ3) is 3.04. The monoisotopic (exact) mass is 252 g/mol. The summed E-state index contributed by atoms with van der Waals surface area (Å²) in [6.07, 6.45) is 1.46. The summed E-state index contributed by atoms with van der Waals surface area (Å²) in [7, 11) is 0. The number of nitrogens with two attached hydrogens (primary N) is 1. The van der Waals surface area contributed by atoms with Gasteiger partial charge in [-0.05, 0) is 17.7 Å². The first-order valence-electron chi connectivity index (χ1n) is 5.20. The van der Waals surface area contributed by atoms with Crippen LogP contribution in [0.25, 0.3) is 0 Å². The average molecular weight is 252 g/mol. The van der Waals surface area contributed by atoms with Crippen molar-refractivity contribution in [2.24, 2.45) is 5.73 Å². The lowest BCUT2D eigenvalue weighted by molar-refractivity contribution is 0.624. The van der Waals surface area contributed by atoms with E-state index in [1.807, 2.05) is 6.92 Å². The van der Waals surface area contributed by atoms with Crippen LogP contribution in [0.5, 0.6) is 0 Å². The third-order valence-corrected chi connectivity index (χ3v) is 3.54. The van der Waals surface area contributed by atoms with Gasteiger partial charge >= 0.3 is 0 Å². The normalized spacial score (nSPS) is 14.5. The Balaban J connectivity index is 2.04. The number of thioether (sulfide) groups is 1. The summed E-state index contributed by atoms with van der Waals surface area (Å²) in [4.78, 5) is 4.03. The molecule has 2 rings (SSSR count). The lowest BCUT2D eigenvalue weighted by Crippen LogP contribution is -2.21. The summed E-state index contributed by atoms with van der Waals surface area (Å²) >= 11 is 1.51. The van der Waals surface area contributed by atoms with Crippen LogP contribution in [0.4, 0.5) is 4.39 Å². The molecule has 0 spiro atoms. The first kappa shape index (κ1) is 12.1. The second-order valence-corrected chi connectivity index (χ2v) is 5.06. The Kier molecular flexibility index (Phi) is 3.75. The number of hydrogen-bond acceptors (Lipinski definition) is 4. The first-order chi connectivity index (χ1) is 8.16. The highest BCUT2D eigenvalue weighted by atomic mass is 32.2. The average Bonchev–Trinajstić information content (AvgIpc) is 2.82. The molecule has 1 heterocycles. The molecular weight excluding hydrogens is 239 g/mol. The molecular formula is C11H13FN4S. The van der Waals surface area contributed by atoms with Crippen LogP contribution >= 0.6 is 11.8 Å². The fourth-order valence-electron chi connectivity index (χ4n) is 1.46. The van der Waals surface area contributed by atoms with Crippen molar-refractivity contribution in [2.75, 3.05) is 0 Å². The number of hydrogen-bond donors (Lipinski definition) is 2.